The molecule has 3 heterocycles. The Hall–Kier alpha value is -1.75. The number of anilines is 1. The number of hydrogen-bond acceptors (Lipinski definition) is 7. The molecule has 3 rings (SSSR count). The molecule has 2 unspecified atom stereocenters. The molecular weight excluding hydrogens is 378 g/mol. The fraction of sp³-hybridized carbons (Fsp3) is 0.500. The van der Waals surface area contributed by atoms with Crippen LogP contribution in [-0.4, -0.2) is 48.9 Å². The minimum absolute atomic E-state index is 0.109. The number of hydrogen-bond donors (Lipinski definition) is 1. The molecule has 2 aromatic rings. The lowest BCUT2D eigenvalue weighted by Gasteiger charge is -2.33. The summed E-state index contributed by atoms with van der Waals surface area (Å²) >= 11 is 1.24. The van der Waals surface area contributed by atoms with E-state index in [1.165, 1.54) is 28.6 Å². The Morgan fingerprint density at radius 1 is 1.31 bits per heavy atom. The van der Waals surface area contributed by atoms with Gasteiger partial charge in [-0.1, -0.05) is 11.3 Å². The number of carbonyl (C=O) groups excluding carboxylic acids is 1. The molecule has 1 N–H and O–H groups in total. The third-order valence-electron chi connectivity index (χ3n) is 3.86. The van der Waals surface area contributed by atoms with Crippen LogP contribution in [0.5, 0.6) is 0 Å². The Balaban J connectivity index is 1.88. The summed E-state index contributed by atoms with van der Waals surface area (Å²) in [5.41, 5.74) is 0.658. The lowest BCUT2D eigenvalue weighted by atomic mass is 10.3. The summed E-state index contributed by atoms with van der Waals surface area (Å²) < 4.78 is 38.4. The second-order valence-electron chi connectivity index (χ2n) is 6.31. The first kappa shape index (κ1) is 19.0. The van der Waals surface area contributed by atoms with Crippen LogP contribution < -0.4 is 5.32 Å². The maximum atomic E-state index is 12.9. The van der Waals surface area contributed by atoms with Crippen molar-refractivity contribution in [3.8, 4) is 10.6 Å². The Morgan fingerprint density at radius 2 is 1.96 bits per heavy atom. The van der Waals surface area contributed by atoms with E-state index in [1.54, 1.807) is 13.0 Å². The molecule has 0 bridgehead atoms. The van der Waals surface area contributed by atoms with Gasteiger partial charge in [0.2, 0.25) is 11.0 Å². The third-order valence-corrected chi connectivity index (χ3v) is 6.66. The minimum Gasteiger partial charge on any atom is -0.442 e. The highest BCUT2D eigenvalue weighted by Crippen LogP contribution is 2.35. The van der Waals surface area contributed by atoms with Crippen molar-refractivity contribution >= 4 is 32.4 Å². The molecule has 1 saturated heterocycles. The van der Waals surface area contributed by atoms with Gasteiger partial charge >= 0.3 is 0 Å². The maximum absolute atomic E-state index is 12.9. The summed E-state index contributed by atoms with van der Waals surface area (Å²) in [4.78, 5) is 16.1. The number of rotatable bonds is 4. The van der Waals surface area contributed by atoms with Crippen molar-refractivity contribution in [3.63, 3.8) is 0 Å². The van der Waals surface area contributed by atoms with Gasteiger partial charge in [-0.3, -0.25) is 4.79 Å². The van der Waals surface area contributed by atoms with E-state index in [4.69, 9.17) is 9.15 Å². The van der Waals surface area contributed by atoms with Crippen molar-refractivity contribution in [2.45, 2.75) is 45.0 Å². The summed E-state index contributed by atoms with van der Waals surface area (Å²) in [6, 6.07) is 3.06. The normalized spacial score (nSPS) is 21.7. The first-order chi connectivity index (χ1) is 12.2. The Kier molecular flexibility index (Phi) is 5.20. The van der Waals surface area contributed by atoms with Crippen molar-refractivity contribution in [1.29, 1.82) is 0 Å². The van der Waals surface area contributed by atoms with E-state index in [-0.39, 0.29) is 36.3 Å². The SMILES string of the molecule is CC(=O)Nc1nc(C)c(-c2ccc(S(=O)(=O)N3CC(C)OC(C)C3)o2)s1. The van der Waals surface area contributed by atoms with Crippen LogP contribution in [0.25, 0.3) is 10.6 Å². The topological polar surface area (TPSA) is 102 Å². The number of carbonyl (C=O) groups is 1. The van der Waals surface area contributed by atoms with Crippen LogP contribution in [0.4, 0.5) is 5.13 Å². The number of nitrogens with one attached hydrogen (secondary N) is 1. The van der Waals surface area contributed by atoms with Gasteiger partial charge in [0.05, 0.1) is 22.8 Å². The average Bonchev–Trinajstić information content (AvgIpc) is 3.12. The molecule has 2 atom stereocenters. The van der Waals surface area contributed by atoms with E-state index < -0.39 is 10.0 Å². The smallest absolute Gasteiger partial charge is 0.276 e. The fourth-order valence-electron chi connectivity index (χ4n) is 2.86. The number of amides is 1. The number of furan rings is 1. The maximum Gasteiger partial charge on any atom is 0.276 e. The summed E-state index contributed by atoms with van der Waals surface area (Å²) in [6.07, 6.45) is -0.348. The van der Waals surface area contributed by atoms with Gasteiger partial charge < -0.3 is 14.5 Å². The van der Waals surface area contributed by atoms with E-state index in [1.807, 2.05) is 13.8 Å². The van der Waals surface area contributed by atoms with Gasteiger partial charge in [-0.2, -0.15) is 4.31 Å². The molecule has 0 radical (unpaired) electrons. The largest absolute Gasteiger partial charge is 0.442 e. The molecule has 8 nitrogen and oxygen atoms in total. The van der Waals surface area contributed by atoms with Crippen LogP contribution in [0.2, 0.25) is 0 Å². The predicted molar refractivity (Wildman–Crippen MR) is 97.6 cm³/mol. The van der Waals surface area contributed by atoms with Crippen LogP contribution in [0.3, 0.4) is 0 Å². The standard InChI is InChI=1S/C16H21N3O5S2/c1-9-7-19(8-10(2)23-9)26(21,22)14-6-5-13(24-14)15-11(3)17-16(25-15)18-12(4)20/h5-6,9-10H,7-8H2,1-4H3,(H,17,18,20). The zero-order valence-electron chi connectivity index (χ0n) is 15.0. The number of ether oxygens (including phenoxy) is 1. The monoisotopic (exact) mass is 399 g/mol. The summed E-state index contributed by atoms with van der Waals surface area (Å²) in [6.45, 7) is 7.44. The lowest BCUT2D eigenvalue weighted by Crippen LogP contribution is -2.47. The quantitative estimate of drug-likeness (QED) is 0.847. The van der Waals surface area contributed by atoms with Crippen LogP contribution in [0.15, 0.2) is 21.6 Å². The molecule has 1 aliphatic rings. The molecular formula is C16H21N3O5S2. The average molecular weight is 399 g/mol. The molecule has 0 saturated carbocycles. The Bertz CT molecular complexity index is 908. The number of aromatic nitrogens is 1. The first-order valence-electron chi connectivity index (χ1n) is 8.17. The first-order valence-corrected chi connectivity index (χ1v) is 10.4. The third kappa shape index (κ3) is 3.83. The van der Waals surface area contributed by atoms with Gasteiger partial charge in [0.1, 0.15) is 5.76 Å². The van der Waals surface area contributed by atoms with Crippen molar-refractivity contribution in [1.82, 2.24) is 9.29 Å². The van der Waals surface area contributed by atoms with E-state index >= 15 is 0 Å². The van der Waals surface area contributed by atoms with Gasteiger partial charge in [-0.15, -0.1) is 0 Å². The molecule has 1 amide bonds. The highest BCUT2D eigenvalue weighted by atomic mass is 32.2. The van der Waals surface area contributed by atoms with Gasteiger partial charge in [-0.25, -0.2) is 13.4 Å². The summed E-state index contributed by atoms with van der Waals surface area (Å²) in [5, 5.41) is 2.96. The molecule has 1 aliphatic heterocycles. The number of aryl methyl sites for hydroxylation is 1. The van der Waals surface area contributed by atoms with Crippen LogP contribution in [0, 0.1) is 6.92 Å². The van der Waals surface area contributed by atoms with Crippen molar-refractivity contribution in [2.24, 2.45) is 0 Å². The van der Waals surface area contributed by atoms with Gasteiger partial charge in [0.15, 0.2) is 5.13 Å². The molecule has 10 heteroatoms. The molecule has 0 aliphatic carbocycles. The number of nitrogens with zero attached hydrogens (tertiary/aromatic N) is 2. The van der Waals surface area contributed by atoms with E-state index in [0.29, 0.717) is 21.5 Å². The highest BCUT2D eigenvalue weighted by Gasteiger charge is 2.34. The number of morpholine rings is 1. The molecule has 142 valence electrons. The zero-order chi connectivity index (χ0) is 19.1. The molecule has 2 aromatic heterocycles. The van der Waals surface area contributed by atoms with Gasteiger partial charge in [0, 0.05) is 20.0 Å². The molecule has 0 spiro atoms. The fourth-order valence-corrected chi connectivity index (χ4v) is 5.34. The summed E-state index contributed by atoms with van der Waals surface area (Å²) in [5.74, 6) is 0.188. The highest BCUT2D eigenvalue weighted by molar-refractivity contribution is 7.89. The number of thiazole rings is 1. The second kappa shape index (κ2) is 7.10. The Morgan fingerprint density at radius 3 is 2.58 bits per heavy atom. The summed E-state index contributed by atoms with van der Waals surface area (Å²) in [7, 11) is -3.74. The zero-order valence-corrected chi connectivity index (χ0v) is 16.6. The molecule has 1 fully saturated rings. The van der Waals surface area contributed by atoms with Crippen molar-refractivity contribution < 1.29 is 22.4 Å². The van der Waals surface area contributed by atoms with Gasteiger partial charge in [-0.05, 0) is 32.9 Å². The van der Waals surface area contributed by atoms with Gasteiger partial charge in [0.25, 0.3) is 10.0 Å². The molecule has 0 aromatic carbocycles. The van der Waals surface area contributed by atoms with Crippen LogP contribution >= 0.6 is 11.3 Å². The van der Waals surface area contributed by atoms with E-state index in [9.17, 15) is 13.2 Å². The van der Waals surface area contributed by atoms with Crippen LogP contribution in [0.1, 0.15) is 26.5 Å². The van der Waals surface area contributed by atoms with Crippen molar-refractivity contribution in [2.75, 3.05) is 18.4 Å². The Labute approximate surface area is 156 Å². The minimum atomic E-state index is -3.74. The van der Waals surface area contributed by atoms with Crippen LogP contribution in [-0.2, 0) is 19.6 Å². The predicted octanol–water partition coefficient (Wildman–Crippen LogP) is 2.47. The second-order valence-corrected chi connectivity index (χ2v) is 9.18. The lowest BCUT2D eigenvalue weighted by molar-refractivity contribution is -0.114. The van der Waals surface area contributed by atoms with E-state index in [2.05, 4.69) is 10.3 Å². The van der Waals surface area contributed by atoms with E-state index in [0.717, 1.165) is 0 Å². The van der Waals surface area contributed by atoms with Crippen molar-refractivity contribution in [3.05, 3.63) is 17.8 Å². The number of sulfonamides is 1. The molecule has 26 heavy (non-hydrogen) atoms.